The number of hydrogen-bond donors (Lipinski definition) is 1. The first-order valence-corrected chi connectivity index (χ1v) is 11.4. The van der Waals surface area contributed by atoms with Gasteiger partial charge in [0.05, 0.1) is 44.9 Å². The molecule has 0 aromatic carbocycles. The summed E-state index contributed by atoms with van der Waals surface area (Å²) in [7, 11) is -3.96. The molecule has 0 bridgehead atoms. The zero-order valence-corrected chi connectivity index (χ0v) is 19.1. The Bertz CT molecular complexity index is 496. The van der Waals surface area contributed by atoms with Gasteiger partial charge in [-0.05, 0) is 28.7 Å². The van der Waals surface area contributed by atoms with Crippen LogP contribution in [0, 0.1) is 10.8 Å². The first-order chi connectivity index (χ1) is 11.8. The van der Waals surface area contributed by atoms with Crippen LogP contribution < -0.4 is 0 Å². The molecule has 0 aliphatic rings. The van der Waals surface area contributed by atoms with Gasteiger partial charge in [0.25, 0.3) is 10.1 Å². The Kier molecular flexibility index (Phi) is 12.5. The second-order valence-corrected chi connectivity index (χ2v) is 10.4. The average molecular weight is 459 g/mol. The van der Waals surface area contributed by atoms with E-state index < -0.39 is 15.9 Å². The van der Waals surface area contributed by atoms with Gasteiger partial charge < -0.3 is 14.2 Å². The third kappa shape index (κ3) is 17.4. The van der Waals surface area contributed by atoms with Gasteiger partial charge in [-0.15, -0.1) is 0 Å². The molecular weight excluding hydrogens is 424 g/mol. The van der Waals surface area contributed by atoms with Crippen LogP contribution in [0.5, 0.6) is 0 Å². The number of allylic oxidation sites excluding steroid dienone is 1. The molecule has 1 N–H and O–H groups in total. The lowest BCUT2D eigenvalue weighted by molar-refractivity contribution is -0.0329. The molecule has 0 aliphatic heterocycles. The largest absolute Gasteiger partial charge is 0.378 e. The number of ether oxygens (including phenoxy) is 3. The lowest BCUT2D eigenvalue weighted by Gasteiger charge is -2.31. The van der Waals surface area contributed by atoms with Crippen LogP contribution in [0.1, 0.15) is 47.5 Å². The van der Waals surface area contributed by atoms with E-state index in [2.05, 4.69) is 56.6 Å². The Morgan fingerprint density at radius 2 is 1.50 bits per heavy atom. The van der Waals surface area contributed by atoms with Crippen LogP contribution in [0.3, 0.4) is 0 Å². The summed E-state index contributed by atoms with van der Waals surface area (Å²) < 4.78 is 46.2. The van der Waals surface area contributed by atoms with E-state index in [-0.39, 0.29) is 30.1 Å². The average Bonchev–Trinajstić information content (AvgIpc) is 2.41. The standard InChI is InChI=1S/C18H35BrO6S/c1-17(2,3)14-16(15-18(4,5)6-7-19)25-11-10-23-8-9-24-12-13-26(20,21)22/h6-7,16H,8-15H2,1-5H3,(H,20,21,22)/b7-6+. The van der Waals surface area contributed by atoms with Crippen molar-refractivity contribution in [2.75, 3.05) is 38.8 Å². The second-order valence-electron chi connectivity index (χ2n) is 8.25. The maximum atomic E-state index is 10.5. The Morgan fingerprint density at radius 1 is 0.962 bits per heavy atom. The summed E-state index contributed by atoms with van der Waals surface area (Å²) in [6.07, 6.45) is 4.16. The van der Waals surface area contributed by atoms with Gasteiger partial charge in [0.15, 0.2) is 0 Å². The first kappa shape index (κ1) is 26.0. The van der Waals surface area contributed by atoms with Crippen molar-refractivity contribution in [2.45, 2.75) is 53.6 Å². The molecule has 0 saturated heterocycles. The minimum atomic E-state index is -3.96. The van der Waals surface area contributed by atoms with Gasteiger partial charge >= 0.3 is 0 Å². The van der Waals surface area contributed by atoms with Crippen LogP contribution in [0.2, 0.25) is 0 Å². The van der Waals surface area contributed by atoms with Crippen molar-refractivity contribution >= 4 is 26.0 Å². The molecule has 0 aromatic rings. The topological polar surface area (TPSA) is 82.1 Å². The number of rotatable bonds is 14. The van der Waals surface area contributed by atoms with Crippen molar-refractivity contribution in [1.82, 2.24) is 0 Å². The Labute approximate surface area is 167 Å². The Morgan fingerprint density at radius 3 is 2.00 bits per heavy atom. The maximum Gasteiger partial charge on any atom is 0.267 e. The molecule has 156 valence electrons. The van der Waals surface area contributed by atoms with Crippen LogP contribution in [0.25, 0.3) is 0 Å². The molecule has 0 saturated carbocycles. The SMILES string of the molecule is CC(C)(C)CC(CC(C)(C)/C=C/Br)OCCOCCOCCS(=O)(=O)O. The molecule has 8 heteroatoms. The molecule has 6 nitrogen and oxygen atoms in total. The van der Waals surface area contributed by atoms with Crippen LogP contribution in [0.4, 0.5) is 0 Å². The van der Waals surface area contributed by atoms with E-state index in [1.54, 1.807) is 0 Å². The van der Waals surface area contributed by atoms with E-state index in [4.69, 9.17) is 18.8 Å². The van der Waals surface area contributed by atoms with Crippen LogP contribution in [-0.2, 0) is 24.3 Å². The lowest BCUT2D eigenvalue weighted by atomic mass is 9.81. The normalized spacial score (nSPS) is 14.9. The number of halogens is 1. The molecule has 0 rings (SSSR count). The quantitative estimate of drug-likeness (QED) is 0.312. The van der Waals surface area contributed by atoms with E-state index in [0.717, 1.165) is 12.8 Å². The fourth-order valence-corrected chi connectivity index (χ4v) is 3.50. The predicted molar refractivity (Wildman–Crippen MR) is 108 cm³/mol. The monoisotopic (exact) mass is 458 g/mol. The van der Waals surface area contributed by atoms with E-state index >= 15 is 0 Å². The highest BCUT2D eigenvalue weighted by Gasteiger charge is 2.25. The van der Waals surface area contributed by atoms with Crippen molar-refractivity contribution in [3.63, 3.8) is 0 Å². The molecular formula is C18H35BrO6S. The summed E-state index contributed by atoms with van der Waals surface area (Å²) in [5.74, 6) is -0.400. The minimum Gasteiger partial charge on any atom is -0.378 e. The van der Waals surface area contributed by atoms with Crippen molar-refractivity contribution in [3.8, 4) is 0 Å². The molecule has 0 fully saturated rings. The third-order valence-corrected chi connectivity index (χ3v) is 4.49. The molecule has 1 atom stereocenters. The number of hydrogen-bond acceptors (Lipinski definition) is 5. The highest BCUT2D eigenvalue weighted by atomic mass is 79.9. The molecule has 0 amide bonds. The summed E-state index contributed by atoms with van der Waals surface area (Å²) in [5, 5.41) is 0. The molecule has 0 spiro atoms. The van der Waals surface area contributed by atoms with Gasteiger partial charge in [0.2, 0.25) is 0 Å². The van der Waals surface area contributed by atoms with Crippen molar-refractivity contribution in [1.29, 1.82) is 0 Å². The molecule has 0 radical (unpaired) electrons. The smallest absolute Gasteiger partial charge is 0.267 e. The highest BCUT2D eigenvalue weighted by Crippen LogP contribution is 2.32. The fourth-order valence-electron chi connectivity index (χ4n) is 2.46. The first-order valence-electron chi connectivity index (χ1n) is 8.85. The fraction of sp³-hybridized carbons (Fsp3) is 0.889. The molecule has 1 unspecified atom stereocenters. The zero-order valence-electron chi connectivity index (χ0n) is 16.7. The summed E-state index contributed by atoms with van der Waals surface area (Å²) in [4.78, 5) is 1.90. The maximum absolute atomic E-state index is 10.5. The summed E-state index contributed by atoms with van der Waals surface area (Å²) in [6.45, 7) is 12.5. The van der Waals surface area contributed by atoms with Gasteiger partial charge in [0.1, 0.15) is 0 Å². The molecule has 0 aliphatic carbocycles. The van der Waals surface area contributed by atoms with Gasteiger partial charge in [0, 0.05) is 0 Å². The van der Waals surface area contributed by atoms with Crippen molar-refractivity contribution in [3.05, 3.63) is 11.1 Å². The highest BCUT2D eigenvalue weighted by molar-refractivity contribution is 9.11. The van der Waals surface area contributed by atoms with Gasteiger partial charge in [-0.2, -0.15) is 8.42 Å². The minimum absolute atomic E-state index is 0.0392. The van der Waals surface area contributed by atoms with E-state index in [0.29, 0.717) is 19.8 Å². The Balaban J connectivity index is 4.06. The van der Waals surface area contributed by atoms with Gasteiger partial charge in [-0.1, -0.05) is 56.6 Å². The Hall–Kier alpha value is 0.01000. The second kappa shape index (κ2) is 12.5. The molecule has 0 heterocycles. The van der Waals surface area contributed by atoms with E-state index in [1.165, 1.54) is 0 Å². The van der Waals surface area contributed by atoms with Crippen molar-refractivity contribution < 1.29 is 27.2 Å². The predicted octanol–water partition coefficient (Wildman–Crippen LogP) is 4.05. The van der Waals surface area contributed by atoms with Gasteiger partial charge in [-0.3, -0.25) is 4.55 Å². The van der Waals surface area contributed by atoms with Crippen LogP contribution in [0.15, 0.2) is 11.1 Å². The van der Waals surface area contributed by atoms with Crippen molar-refractivity contribution in [2.24, 2.45) is 10.8 Å². The zero-order chi connectivity index (χ0) is 20.3. The van der Waals surface area contributed by atoms with Gasteiger partial charge in [-0.25, -0.2) is 0 Å². The van der Waals surface area contributed by atoms with Crippen LogP contribution in [-0.4, -0.2) is 57.9 Å². The molecule has 26 heavy (non-hydrogen) atoms. The lowest BCUT2D eigenvalue weighted by Crippen LogP contribution is -2.28. The summed E-state index contributed by atoms with van der Waals surface area (Å²) in [5.41, 5.74) is 0.224. The molecule has 0 aromatic heterocycles. The third-order valence-electron chi connectivity index (χ3n) is 3.55. The summed E-state index contributed by atoms with van der Waals surface area (Å²) in [6, 6.07) is 0. The van der Waals surface area contributed by atoms with E-state index in [9.17, 15) is 8.42 Å². The van der Waals surface area contributed by atoms with E-state index in [1.807, 2.05) is 4.99 Å². The van der Waals surface area contributed by atoms with Crippen LogP contribution >= 0.6 is 15.9 Å². The summed E-state index contributed by atoms with van der Waals surface area (Å²) >= 11 is 3.35.